The quantitative estimate of drug-likeness (QED) is 0.561. The molecule has 1 aliphatic carbocycles. The molecule has 1 saturated carbocycles. The maximum atomic E-state index is 2.34. The summed E-state index contributed by atoms with van der Waals surface area (Å²) in [5.41, 5.74) is 0. The Labute approximate surface area is 65.0 Å². The standard InChI is InChI=1S/C10H20/c1-4-9(7-8(2)3)10-5-6-10/h8-10H,4-7H2,1-3H3. The van der Waals surface area contributed by atoms with Gasteiger partial charge in [0.15, 0.2) is 0 Å². The molecular weight excluding hydrogens is 120 g/mol. The van der Waals surface area contributed by atoms with Crippen LogP contribution in [0.3, 0.4) is 0 Å². The summed E-state index contributed by atoms with van der Waals surface area (Å²) in [6.45, 7) is 7.02. The average Bonchev–Trinajstić information content (AvgIpc) is 2.63. The highest BCUT2D eigenvalue weighted by Gasteiger charge is 2.29. The van der Waals surface area contributed by atoms with Crippen LogP contribution in [-0.4, -0.2) is 0 Å². The highest BCUT2D eigenvalue weighted by molar-refractivity contribution is 4.80. The van der Waals surface area contributed by atoms with E-state index in [4.69, 9.17) is 0 Å². The van der Waals surface area contributed by atoms with Crippen LogP contribution in [0.25, 0.3) is 0 Å². The lowest BCUT2D eigenvalue weighted by atomic mass is 9.91. The molecule has 0 heteroatoms. The lowest BCUT2D eigenvalue weighted by Gasteiger charge is -2.15. The molecule has 1 rings (SSSR count). The molecule has 1 aliphatic rings. The van der Waals surface area contributed by atoms with Crippen LogP contribution >= 0.6 is 0 Å². The molecule has 0 aromatic heterocycles. The highest BCUT2D eigenvalue weighted by atomic mass is 14.3. The Bertz CT molecular complexity index is 90.2. The van der Waals surface area contributed by atoms with E-state index in [1.54, 1.807) is 0 Å². The summed E-state index contributed by atoms with van der Waals surface area (Å²) < 4.78 is 0. The van der Waals surface area contributed by atoms with Gasteiger partial charge >= 0.3 is 0 Å². The molecule has 0 N–H and O–H groups in total. The molecule has 0 nitrogen and oxygen atoms in total. The number of rotatable bonds is 4. The SMILES string of the molecule is CCC(CC(C)C)C1CC1. The van der Waals surface area contributed by atoms with E-state index in [1.165, 1.54) is 25.7 Å². The zero-order valence-electron chi connectivity index (χ0n) is 7.56. The molecule has 1 atom stereocenters. The smallest absolute Gasteiger partial charge is 0.0386 e. The predicted molar refractivity (Wildman–Crippen MR) is 46.0 cm³/mol. The van der Waals surface area contributed by atoms with Gasteiger partial charge in [0.1, 0.15) is 0 Å². The third-order valence-electron chi connectivity index (χ3n) is 2.59. The van der Waals surface area contributed by atoms with Crippen molar-refractivity contribution in [1.82, 2.24) is 0 Å². The van der Waals surface area contributed by atoms with E-state index in [9.17, 15) is 0 Å². The fourth-order valence-electron chi connectivity index (χ4n) is 1.87. The summed E-state index contributed by atoms with van der Waals surface area (Å²) in [5, 5.41) is 0. The van der Waals surface area contributed by atoms with Crippen LogP contribution in [0, 0.1) is 17.8 Å². The van der Waals surface area contributed by atoms with Crippen LogP contribution in [0.4, 0.5) is 0 Å². The third-order valence-corrected chi connectivity index (χ3v) is 2.59. The maximum Gasteiger partial charge on any atom is -0.0386 e. The second-order valence-corrected chi connectivity index (χ2v) is 4.14. The van der Waals surface area contributed by atoms with Crippen molar-refractivity contribution in [1.29, 1.82) is 0 Å². The normalized spacial score (nSPS) is 21.6. The molecule has 0 aliphatic heterocycles. The van der Waals surface area contributed by atoms with Gasteiger partial charge in [-0.1, -0.05) is 27.2 Å². The van der Waals surface area contributed by atoms with Crippen LogP contribution in [-0.2, 0) is 0 Å². The first kappa shape index (κ1) is 8.10. The van der Waals surface area contributed by atoms with Gasteiger partial charge in [-0.2, -0.15) is 0 Å². The fraction of sp³-hybridized carbons (Fsp3) is 1.00. The molecule has 0 spiro atoms. The van der Waals surface area contributed by atoms with Crippen LogP contribution in [0.5, 0.6) is 0 Å². The molecule has 0 aromatic rings. The topological polar surface area (TPSA) is 0 Å². The minimum Gasteiger partial charge on any atom is -0.0651 e. The summed E-state index contributed by atoms with van der Waals surface area (Å²) in [5.74, 6) is 3.08. The van der Waals surface area contributed by atoms with Gasteiger partial charge in [-0.25, -0.2) is 0 Å². The van der Waals surface area contributed by atoms with Crippen molar-refractivity contribution < 1.29 is 0 Å². The summed E-state index contributed by atoms with van der Waals surface area (Å²) in [6.07, 6.45) is 5.90. The minimum absolute atomic E-state index is 0.908. The predicted octanol–water partition coefficient (Wildman–Crippen LogP) is 3.47. The van der Waals surface area contributed by atoms with Crippen molar-refractivity contribution >= 4 is 0 Å². The Morgan fingerprint density at radius 3 is 2.20 bits per heavy atom. The molecular formula is C10H20. The molecule has 1 fully saturated rings. The molecule has 0 amide bonds. The molecule has 10 heavy (non-hydrogen) atoms. The zero-order valence-corrected chi connectivity index (χ0v) is 7.56. The van der Waals surface area contributed by atoms with Crippen molar-refractivity contribution in [2.45, 2.75) is 46.5 Å². The largest absolute Gasteiger partial charge is 0.0651 e. The first-order valence-electron chi connectivity index (χ1n) is 4.74. The second kappa shape index (κ2) is 3.41. The lowest BCUT2D eigenvalue weighted by Crippen LogP contribution is -2.05. The Hall–Kier alpha value is 0. The van der Waals surface area contributed by atoms with Crippen molar-refractivity contribution in [2.75, 3.05) is 0 Å². The van der Waals surface area contributed by atoms with Crippen LogP contribution in [0.1, 0.15) is 46.5 Å². The highest BCUT2D eigenvalue weighted by Crippen LogP contribution is 2.41. The average molecular weight is 140 g/mol. The van der Waals surface area contributed by atoms with Gasteiger partial charge in [-0.05, 0) is 37.0 Å². The van der Waals surface area contributed by atoms with Gasteiger partial charge in [-0.3, -0.25) is 0 Å². The van der Waals surface area contributed by atoms with Gasteiger partial charge in [0, 0.05) is 0 Å². The molecule has 0 radical (unpaired) electrons. The van der Waals surface area contributed by atoms with Gasteiger partial charge in [0.25, 0.3) is 0 Å². The molecule has 1 unspecified atom stereocenters. The van der Waals surface area contributed by atoms with E-state index >= 15 is 0 Å². The Kier molecular flexibility index (Phi) is 2.76. The van der Waals surface area contributed by atoms with Crippen molar-refractivity contribution in [2.24, 2.45) is 17.8 Å². The van der Waals surface area contributed by atoms with E-state index in [0.29, 0.717) is 0 Å². The third kappa shape index (κ3) is 2.32. The first-order chi connectivity index (χ1) is 4.74. The van der Waals surface area contributed by atoms with E-state index in [0.717, 1.165) is 17.8 Å². The van der Waals surface area contributed by atoms with Crippen molar-refractivity contribution in [3.8, 4) is 0 Å². The van der Waals surface area contributed by atoms with Crippen molar-refractivity contribution in [3.63, 3.8) is 0 Å². The van der Waals surface area contributed by atoms with Crippen LogP contribution < -0.4 is 0 Å². The van der Waals surface area contributed by atoms with Gasteiger partial charge in [-0.15, -0.1) is 0 Å². The lowest BCUT2D eigenvalue weighted by molar-refractivity contribution is 0.358. The maximum absolute atomic E-state index is 2.34. The summed E-state index contributed by atoms with van der Waals surface area (Å²) >= 11 is 0. The number of hydrogen-bond donors (Lipinski definition) is 0. The van der Waals surface area contributed by atoms with Crippen molar-refractivity contribution in [3.05, 3.63) is 0 Å². The Morgan fingerprint density at radius 2 is 1.90 bits per heavy atom. The second-order valence-electron chi connectivity index (χ2n) is 4.14. The van der Waals surface area contributed by atoms with Gasteiger partial charge < -0.3 is 0 Å². The van der Waals surface area contributed by atoms with E-state index in [-0.39, 0.29) is 0 Å². The monoisotopic (exact) mass is 140 g/mol. The summed E-state index contributed by atoms with van der Waals surface area (Å²) in [4.78, 5) is 0. The van der Waals surface area contributed by atoms with E-state index in [1.807, 2.05) is 0 Å². The first-order valence-corrected chi connectivity index (χ1v) is 4.74. The van der Waals surface area contributed by atoms with E-state index < -0.39 is 0 Å². The van der Waals surface area contributed by atoms with Crippen LogP contribution in [0.2, 0.25) is 0 Å². The Balaban J connectivity index is 2.19. The van der Waals surface area contributed by atoms with Gasteiger partial charge in [0.05, 0.1) is 0 Å². The molecule has 0 saturated heterocycles. The minimum atomic E-state index is 0.908. The Morgan fingerprint density at radius 1 is 1.30 bits per heavy atom. The summed E-state index contributed by atoms with van der Waals surface area (Å²) in [7, 11) is 0. The fourth-order valence-corrected chi connectivity index (χ4v) is 1.87. The van der Waals surface area contributed by atoms with E-state index in [2.05, 4.69) is 20.8 Å². The molecule has 0 aromatic carbocycles. The summed E-state index contributed by atoms with van der Waals surface area (Å²) in [6, 6.07) is 0. The van der Waals surface area contributed by atoms with Gasteiger partial charge in [0.2, 0.25) is 0 Å². The molecule has 60 valence electrons. The van der Waals surface area contributed by atoms with Crippen LogP contribution in [0.15, 0.2) is 0 Å². The zero-order chi connectivity index (χ0) is 7.56. The molecule has 0 bridgehead atoms. The molecule has 0 heterocycles. The number of hydrogen-bond acceptors (Lipinski definition) is 0.